The van der Waals surface area contributed by atoms with Gasteiger partial charge in [0.1, 0.15) is 5.52 Å². The van der Waals surface area contributed by atoms with Gasteiger partial charge in [0.05, 0.1) is 11.9 Å². The maximum Gasteiger partial charge on any atom is 0.308 e. The summed E-state index contributed by atoms with van der Waals surface area (Å²) in [5.41, 5.74) is 1.01. The second-order valence-corrected chi connectivity index (χ2v) is 4.14. The summed E-state index contributed by atoms with van der Waals surface area (Å²) in [5.74, 6) is -0.179. The Hall–Kier alpha value is -1.91. The molecule has 5 nitrogen and oxygen atoms in total. The SMILES string of the molecule is CC1(n2nnc3ccccc32)CCC(=O)O1. The summed E-state index contributed by atoms with van der Waals surface area (Å²) in [5, 5.41) is 8.13. The summed E-state index contributed by atoms with van der Waals surface area (Å²) in [6, 6.07) is 7.64. The number of rotatable bonds is 1. The van der Waals surface area contributed by atoms with Crippen LogP contribution in [0.1, 0.15) is 19.8 Å². The van der Waals surface area contributed by atoms with Gasteiger partial charge in [0.2, 0.25) is 5.72 Å². The molecule has 1 atom stereocenters. The van der Waals surface area contributed by atoms with Crippen molar-refractivity contribution >= 4 is 17.0 Å². The van der Waals surface area contributed by atoms with Crippen LogP contribution in [-0.2, 0) is 15.3 Å². The third-order valence-electron chi connectivity index (χ3n) is 2.93. The van der Waals surface area contributed by atoms with Gasteiger partial charge in [-0.25, -0.2) is 4.68 Å². The first kappa shape index (κ1) is 9.33. The van der Waals surface area contributed by atoms with Crippen LogP contribution in [0.4, 0.5) is 0 Å². The lowest BCUT2D eigenvalue weighted by Crippen LogP contribution is -2.30. The summed E-state index contributed by atoms with van der Waals surface area (Å²) in [6.45, 7) is 1.86. The second kappa shape index (κ2) is 3.04. The minimum atomic E-state index is -0.687. The summed E-state index contributed by atoms with van der Waals surface area (Å²) < 4.78 is 7.01. The summed E-state index contributed by atoms with van der Waals surface area (Å²) >= 11 is 0. The van der Waals surface area contributed by atoms with E-state index in [4.69, 9.17) is 4.74 Å². The molecule has 0 aliphatic carbocycles. The Bertz CT molecular complexity index is 563. The van der Waals surface area contributed by atoms with E-state index in [0.29, 0.717) is 12.8 Å². The Kier molecular flexibility index (Phi) is 1.77. The Morgan fingerprint density at radius 2 is 2.25 bits per heavy atom. The number of cyclic esters (lactones) is 1. The molecular formula is C11H11N3O2. The van der Waals surface area contributed by atoms with E-state index in [2.05, 4.69) is 10.3 Å². The Balaban J connectivity index is 2.16. The number of para-hydroxylation sites is 1. The van der Waals surface area contributed by atoms with Gasteiger partial charge < -0.3 is 4.74 Å². The van der Waals surface area contributed by atoms with Crippen molar-refractivity contribution in [1.29, 1.82) is 0 Å². The minimum Gasteiger partial charge on any atom is -0.437 e. The molecule has 1 aliphatic rings. The topological polar surface area (TPSA) is 57.0 Å². The summed E-state index contributed by atoms with van der Waals surface area (Å²) in [7, 11) is 0. The van der Waals surface area contributed by atoms with Crippen LogP contribution in [0.15, 0.2) is 24.3 Å². The van der Waals surface area contributed by atoms with Crippen molar-refractivity contribution in [1.82, 2.24) is 15.0 Å². The number of carbonyl (C=O) groups is 1. The molecule has 0 saturated carbocycles. The molecule has 2 aromatic rings. The van der Waals surface area contributed by atoms with Crippen LogP contribution >= 0.6 is 0 Å². The van der Waals surface area contributed by atoms with Crippen molar-refractivity contribution in [2.24, 2.45) is 0 Å². The molecule has 1 fully saturated rings. The molecule has 2 heterocycles. The van der Waals surface area contributed by atoms with Crippen LogP contribution < -0.4 is 0 Å². The van der Waals surface area contributed by atoms with Crippen LogP contribution in [-0.4, -0.2) is 21.0 Å². The van der Waals surface area contributed by atoms with Crippen LogP contribution in [0, 0.1) is 0 Å². The van der Waals surface area contributed by atoms with Crippen molar-refractivity contribution < 1.29 is 9.53 Å². The van der Waals surface area contributed by atoms with Gasteiger partial charge in [0, 0.05) is 6.42 Å². The number of nitrogens with zero attached hydrogens (tertiary/aromatic N) is 3. The Morgan fingerprint density at radius 3 is 3.00 bits per heavy atom. The van der Waals surface area contributed by atoms with Crippen LogP contribution in [0.25, 0.3) is 11.0 Å². The molecule has 1 aromatic heterocycles. The largest absolute Gasteiger partial charge is 0.437 e. The van der Waals surface area contributed by atoms with E-state index in [0.717, 1.165) is 11.0 Å². The van der Waals surface area contributed by atoms with E-state index < -0.39 is 5.72 Å². The van der Waals surface area contributed by atoms with Crippen LogP contribution in [0.5, 0.6) is 0 Å². The molecule has 0 radical (unpaired) electrons. The zero-order valence-corrected chi connectivity index (χ0v) is 8.88. The fourth-order valence-corrected chi connectivity index (χ4v) is 2.05. The van der Waals surface area contributed by atoms with Gasteiger partial charge in [-0.3, -0.25) is 4.79 Å². The summed E-state index contributed by atoms with van der Waals surface area (Å²) in [6.07, 6.45) is 1.07. The zero-order valence-electron chi connectivity index (χ0n) is 8.88. The molecule has 1 unspecified atom stereocenters. The number of hydrogen-bond acceptors (Lipinski definition) is 4. The first-order valence-electron chi connectivity index (χ1n) is 5.22. The van der Waals surface area contributed by atoms with Gasteiger partial charge in [0.15, 0.2) is 0 Å². The average Bonchev–Trinajstić information content (AvgIpc) is 2.83. The summed E-state index contributed by atoms with van der Waals surface area (Å²) in [4.78, 5) is 11.2. The van der Waals surface area contributed by atoms with Gasteiger partial charge in [0.25, 0.3) is 0 Å². The number of esters is 1. The lowest BCUT2D eigenvalue weighted by molar-refractivity contribution is -0.155. The highest BCUT2D eigenvalue weighted by Crippen LogP contribution is 2.32. The normalized spacial score (nSPS) is 24.9. The number of carbonyl (C=O) groups excluding carboxylic acids is 1. The molecule has 0 amide bonds. The van der Waals surface area contributed by atoms with E-state index in [1.165, 1.54) is 0 Å². The maximum absolute atomic E-state index is 11.2. The van der Waals surface area contributed by atoms with E-state index in [1.807, 2.05) is 31.2 Å². The molecule has 5 heteroatoms. The molecule has 1 saturated heterocycles. The van der Waals surface area contributed by atoms with Crippen molar-refractivity contribution in [3.8, 4) is 0 Å². The van der Waals surface area contributed by atoms with Crippen molar-refractivity contribution in [2.45, 2.75) is 25.5 Å². The fraction of sp³-hybridized carbons (Fsp3) is 0.364. The van der Waals surface area contributed by atoms with E-state index >= 15 is 0 Å². The molecule has 0 spiro atoms. The standard InChI is InChI=1S/C11H11N3O2/c1-11(7-6-10(15)16-11)14-9-5-3-2-4-8(9)12-13-14/h2-5H,6-7H2,1H3. The van der Waals surface area contributed by atoms with Crippen molar-refractivity contribution in [3.05, 3.63) is 24.3 Å². The molecular weight excluding hydrogens is 206 g/mol. The van der Waals surface area contributed by atoms with Gasteiger partial charge in [-0.2, -0.15) is 0 Å². The molecule has 0 N–H and O–H groups in total. The molecule has 0 bridgehead atoms. The quantitative estimate of drug-likeness (QED) is 0.678. The first-order chi connectivity index (χ1) is 7.69. The predicted molar refractivity (Wildman–Crippen MR) is 56.5 cm³/mol. The first-order valence-corrected chi connectivity index (χ1v) is 5.22. The molecule has 16 heavy (non-hydrogen) atoms. The Morgan fingerprint density at radius 1 is 1.44 bits per heavy atom. The highest BCUT2D eigenvalue weighted by Gasteiger charge is 2.39. The van der Waals surface area contributed by atoms with Gasteiger partial charge >= 0.3 is 5.97 Å². The maximum atomic E-state index is 11.2. The minimum absolute atomic E-state index is 0.179. The van der Waals surface area contributed by atoms with Gasteiger partial charge in [-0.05, 0) is 19.1 Å². The van der Waals surface area contributed by atoms with Crippen LogP contribution in [0.3, 0.4) is 0 Å². The highest BCUT2D eigenvalue weighted by molar-refractivity contribution is 5.75. The number of aromatic nitrogens is 3. The molecule has 82 valence electrons. The monoisotopic (exact) mass is 217 g/mol. The predicted octanol–water partition coefficient (Wildman–Crippen LogP) is 1.44. The Labute approximate surface area is 92.0 Å². The number of hydrogen-bond donors (Lipinski definition) is 0. The number of fused-ring (bicyclic) bond motifs is 1. The third kappa shape index (κ3) is 1.21. The molecule has 1 aromatic carbocycles. The second-order valence-electron chi connectivity index (χ2n) is 4.14. The fourth-order valence-electron chi connectivity index (χ4n) is 2.05. The third-order valence-corrected chi connectivity index (χ3v) is 2.93. The smallest absolute Gasteiger partial charge is 0.308 e. The van der Waals surface area contributed by atoms with Crippen LogP contribution in [0.2, 0.25) is 0 Å². The lowest BCUT2D eigenvalue weighted by Gasteiger charge is -2.22. The zero-order chi connectivity index (χ0) is 11.2. The molecule has 1 aliphatic heterocycles. The number of benzene rings is 1. The van der Waals surface area contributed by atoms with Crippen molar-refractivity contribution in [2.75, 3.05) is 0 Å². The van der Waals surface area contributed by atoms with E-state index in [-0.39, 0.29) is 5.97 Å². The number of ether oxygens (including phenoxy) is 1. The van der Waals surface area contributed by atoms with Crippen molar-refractivity contribution in [3.63, 3.8) is 0 Å². The van der Waals surface area contributed by atoms with Gasteiger partial charge in [-0.15, -0.1) is 5.10 Å². The lowest BCUT2D eigenvalue weighted by atomic mass is 10.1. The van der Waals surface area contributed by atoms with E-state index in [1.54, 1.807) is 4.68 Å². The van der Waals surface area contributed by atoms with Gasteiger partial charge in [-0.1, -0.05) is 17.3 Å². The van der Waals surface area contributed by atoms with E-state index in [9.17, 15) is 4.79 Å². The highest BCUT2D eigenvalue weighted by atomic mass is 16.6. The molecule has 3 rings (SSSR count). The average molecular weight is 217 g/mol.